The van der Waals surface area contributed by atoms with E-state index >= 15 is 0 Å². The van der Waals surface area contributed by atoms with Crippen molar-refractivity contribution in [3.05, 3.63) is 35.9 Å². The number of esters is 1. The maximum Gasteiger partial charge on any atom is 0.306 e. The molecular weight excluding hydrogens is 276 g/mol. The summed E-state index contributed by atoms with van der Waals surface area (Å²) in [6, 6.07) is 9.30. The van der Waals surface area contributed by atoms with Crippen LogP contribution in [-0.2, 0) is 16.1 Å². The molecule has 2 N–H and O–H groups in total. The Kier molecular flexibility index (Phi) is 6.27. The van der Waals surface area contributed by atoms with Crippen molar-refractivity contribution in [2.75, 3.05) is 6.54 Å². The highest BCUT2D eigenvalue weighted by Crippen LogP contribution is 2.32. The molecule has 1 aromatic carbocycles. The Morgan fingerprint density at radius 2 is 1.81 bits per heavy atom. The van der Waals surface area contributed by atoms with Crippen molar-refractivity contribution in [2.45, 2.75) is 45.6 Å². The fraction of sp³-hybridized carbons (Fsp3) is 0.562. The molecule has 0 spiro atoms. The number of hydrogen-bond acceptors (Lipinski definition) is 3. The first-order chi connectivity index (χ1) is 9.74. The van der Waals surface area contributed by atoms with Gasteiger partial charge >= 0.3 is 5.97 Å². The number of carbonyl (C=O) groups excluding carboxylic acids is 1. The Hall–Kier alpha value is -1.49. The van der Waals surface area contributed by atoms with Crippen LogP contribution in [0.4, 0.5) is 8.78 Å². The highest BCUT2D eigenvalue weighted by atomic mass is 19.3. The van der Waals surface area contributed by atoms with Crippen LogP contribution in [0.5, 0.6) is 0 Å². The number of carbonyl (C=O) groups is 1. The summed E-state index contributed by atoms with van der Waals surface area (Å²) in [6.45, 7) is 2.97. The average Bonchev–Trinajstić information content (AvgIpc) is 2.43. The van der Waals surface area contributed by atoms with Crippen molar-refractivity contribution in [2.24, 2.45) is 11.1 Å². The number of hydrogen-bond donors (Lipinski definition) is 1. The standard InChI is InChI=1S/C16H23F2NO2/c1-15(12-19,8-9-16(2,17)18)10-14(20)21-11-13-6-4-3-5-7-13/h3-7H,8-12,19H2,1-2H3. The average molecular weight is 299 g/mol. The zero-order chi connectivity index (χ0) is 15.9. The van der Waals surface area contributed by atoms with Gasteiger partial charge in [0.2, 0.25) is 5.92 Å². The minimum absolute atomic E-state index is 0.0480. The molecule has 118 valence electrons. The van der Waals surface area contributed by atoms with E-state index in [9.17, 15) is 13.6 Å². The van der Waals surface area contributed by atoms with Gasteiger partial charge in [-0.3, -0.25) is 4.79 Å². The van der Waals surface area contributed by atoms with Gasteiger partial charge in [0.1, 0.15) is 6.61 Å². The number of nitrogens with two attached hydrogens (primary N) is 1. The zero-order valence-corrected chi connectivity index (χ0v) is 12.6. The molecule has 0 amide bonds. The summed E-state index contributed by atoms with van der Waals surface area (Å²) in [5.41, 5.74) is 5.87. The predicted octanol–water partition coefficient (Wildman–Crippen LogP) is 3.52. The van der Waals surface area contributed by atoms with Gasteiger partial charge in [-0.05, 0) is 30.9 Å². The molecule has 0 aromatic heterocycles. The first-order valence-corrected chi connectivity index (χ1v) is 7.02. The fourth-order valence-electron chi connectivity index (χ4n) is 1.92. The molecule has 1 rings (SSSR count). The fourth-order valence-corrected chi connectivity index (χ4v) is 1.92. The van der Waals surface area contributed by atoms with E-state index in [0.717, 1.165) is 12.5 Å². The lowest BCUT2D eigenvalue weighted by Crippen LogP contribution is -2.32. The third-order valence-electron chi connectivity index (χ3n) is 3.47. The second-order valence-electron chi connectivity index (χ2n) is 5.91. The van der Waals surface area contributed by atoms with E-state index in [1.54, 1.807) is 6.92 Å². The molecule has 0 bridgehead atoms. The number of ether oxygens (including phenoxy) is 1. The van der Waals surface area contributed by atoms with Gasteiger partial charge < -0.3 is 10.5 Å². The van der Waals surface area contributed by atoms with Crippen LogP contribution in [0, 0.1) is 5.41 Å². The molecule has 0 saturated heterocycles. The highest BCUT2D eigenvalue weighted by molar-refractivity contribution is 5.70. The molecule has 0 heterocycles. The largest absolute Gasteiger partial charge is 0.461 e. The Morgan fingerprint density at radius 3 is 2.33 bits per heavy atom. The Labute approximate surface area is 124 Å². The lowest BCUT2D eigenvalue weighted by atomic mass is 9.81. The van der Waals surface area contributed by atoms with Crippen molar-refractivity contribution in [1.82, 2.24) is 0 Å². The maximum atomic E-state index is 12.9. The molecule has 0 fully saturated rings. The summed E-state index contributed by atoms with van der Waals surface area (Å²) in [7, 11) is 0. The summed E-state index contributed by atoms with van der Waals surface area (Å²) in [5, 5.41) is 0. The van der Waals surface area contributed by atoms with Crippen LogP contribution in [0.25, 0.3) is 0 Å². The maximum absolute atomic E-state index is 12.9. The van der Waals surface area contributed by atoms with Crippen LogP contribution in [0.15, 0.2) is 30.3 Å². The molecule has 0 aliphatic heterocycles. The third-order valence-corrected chi connectivity index (χ3v) is 3.47. The molecule has 0 radical (unpaired) electrons. The summed E-state index contributed by atoms with van der Waals surface area (Å²) < 4.78 is 31.1. The van der Waals surface area contributed by atoms with Crippen molar-refractivity contribution in [3.8, 4) is 0 Å². The lowest BCUT2D eigenvalue weighted by Gasteiger charge is -2.28. The normalized spacial score (nSPS) is 14.5. The number of halogens is 2. The molecule has 1 aromatic rings. The van der Waals surface area contributed by atoms with Crippen molar-refractivity contribution < 1.29 is 18.3 Å². The van der Waals surface area contributed by atoms with Crippen LogP contribution in [0.1, 0.15) is 38.7 Å². The van der Waals surface area contributed by atoms with E-state index in [0.29, 0.717) is 0 Å². The van der Waals surface area contributed by atoms with Crippen molar-refractivity contribution >= 4 is 5.97 Å². The molecular formula is C16H23F2NO2. The van der Waals surface area contributed by atoms with Crippen molar-refractivity contribution in [1.29, 1.82) is 0 Å². The van der Waals surface area contributed by atoms with Crippen LogP contribution in [-0.4, -0.2) is 18.4 Å². The van der Waals surface area contributed by atoms with Crippen LogP contribution >= 0.6 is 0 Å². The third kappa shape index (κ3) is 7.18. The van der Waals surface area contributed by atoms with E-state index in [1.165, 1.54) is 0 Å². The second-order valence-corrected chi connectivity index (χ2v) is 5.91. The minimum atomic E-state index is -2.75. The zero-order valence-electron chi connectivity index (χ0n) is 12.6. The molecule has 5 heteroatoms. The Balaban J connectivity index is 2.46. The number of benzene rings is 1. The summed E-state index contributed by atoms with van der Waals surface area (Å²) in [6.07, 6.45) is -0.0491. The van der Waals surface area contributed by atoms with E-state index in [2.05, 4.69) is 0 Å². The SMILES string of the molecule is CC(F)(F)CCC(C)(CN)CC(=O)OCc1ccccc1. The van der Waals surface area contributed by atoms with Gasteiger partial charge in [-0.25, -0.2) is 8.78 Å². The Morgan fingerprint density at radius 1 is 1.19 bits per heavy atom. The summed E-state index contributed by atoms with van der Waals surface area (Å²) in [4.78, 5) is 11.9. The highest BCUT2D eigenvalue weighted by Gasteiger charge is 2.31. The van der Waals surface area contributed by atoms with Gasteiger partial charge in [0.15, 0.2) is 0 Å². The quantitative estimate of drug-likeness (QED) is 0.747. The topological polar surface area (TPSA) is 52.3 Å². The van der Waals surface area contributed by atoms with Crippen LogP contribution < -0.4 is 5.73 Å². The molecule has 0 aliphatic carbocycles. The van der Waals surface area contributed by atoms with Gasteiger partial charge in [-0.15, -0.1) is 0 Å². The minimum Gasteiger partial charge on any atom is -0.461 e. The first-order valence-electron chi connectivity index (χ1n) is 7.02. The van der Waals surface area contributed by atoms with Gasteiger partial charge in [0.05, 0.1) is 6.42 Å². The van der Waals surface area contributed by atoms with E-state index in [-0.39, 0.29) is 32.4 Å². The lowest BCUT2D eigenvalue weighted by molar-refractivity contribution is -0.147. The van der Waals surface area contributed by atoms with Crippen LogP contribution in [0.2, 0.25) is 0 Å². The summed E-state index contributed by atoms with van der Waals surface area (Å²) >= 11 is 0. The monoisotopic (exact) mass is 299 g/mol. The summed E-state index contributed by atoms with van der Waals surface area (Å²) in [5.74, 6) is -3.16. The predicted molar refractivity (Wildman–Crippen MR) is 77.9 cm³/mol. The number of rotatable bonds is 8. The Bertz CT molecular complexity index is 445. The van der Waals surface area contributed by atoms with E-state index in [1.807, 2.05) is 30.3 Å². The van der Waals surface area contributed by atoms with Crippen molar-refractivity contribution in [3.63, 3.8) is 0 Å². The second kappa shape index (κ2) is 7.50. The molecule has 1 atom stereocenters. The molecule has 21 heavy (non-hydrogen) atoms. The van der Waals surface area contributed by atoms with Gasteiger partial charge in [-0.2, -0.15) is 0 Å². The van der Waals surface area contributed by atoms with E-state index < -0.39 is 17.3 Å². The van der Waals surface area contributed by atoms with Gasteiger partial charge in [0.25, 0.3) is 0 Å². The number of alkyl halides is 2. The van der Waals surface area contributed by atoms with Gasteiger partial charge in [-0.1, -0.05) is 37.3 Å². The van der Waals surface area contributed by atoms with E-state index in [4.69, 9.17) is 10.5 Å². The van der Waals surface area contributed by atoms with Gasteiger partial charge in [0, 0.05) is 6.42 Å². The molecule has 3 nitrogen and oxygen atoms in total. The first kappa shape index (κ1) is 17.6. The molecule has 1 unspecified atom stereocenters. The van der Waals surface area contributed by atoms with Crippen LogP contribution in [0.3, 0.4) is 0 Å². The smallest absolute Gasteiger partial charge is 0.306 e. The molecule has 0 aliphatic rings. The molecule has 0 saturated carbocycles.